The van der Waals surface area contributed by atoms with E-state index in [0.29, 0.717) is 103 Å². The fraction of sp³-hybridized carbons (Fsp3) is 0.814. The van der Waals surface area contributed by atoms with Crippen molar-refractivity contribution in [1.82, 2.24) is 95.7 Å². The zero-order chi connectivity index (χ0) is 112. The molecule has 0 aromatic rings. The Morgan fingerprint density at radius 3 is 0.453 bits per heavy atom. The lowest BCUT2D eigenvalue weighted by Crippen LogP contribution is -2.60. The van der Waals surface area contributed by atoms with Crippen LogP contribution in [0.5, 0.6) is 0 Å². The number of nitrogens with one attached hydrogen (secondary N) is 18. The standard InChI is InChI=1S/C102H194N26O20/c1-59(2)47-75(87(132)111-57-85(130)113-69(34-20-27-41-104)90(135)124-82(54-66(15)16)100(145)128-83(55-67(17)18)101(146)127-79(51-63(9)10)97(142)120-74(102(147)148)39-25-32-46-109)121-93(138)72(37-23-30-44-107)116-92(137)71(36-22-29-43-106)119-96(141)78(50-62(7)8)126-99(144)81(53-65(13)14)123-89(134)68(33-19-26-40-103)114-86(131)58-112-88(133)76(48-60(3)4)122-98(143)80(52-64(11)12)125-94(139)73(38-24-31-45-108)117-91(136)70(35-21-28-42-105)118-95(140)77(49-61(5)6)115-84(129)56-110/h59-83H,19-58,103-110H2,1-18H3,(H,111,132)(H,112,133)(H,113,130)(H,114,131)(H,115,129)(H,116,137)(H,117,136)(H,118,140)(H,119,141)(H,120,142)(H,121,138)(H,122,143)(H,123,134)(H,124,135)(H,125,139)(H,126,144)(H,127,146)(H,128,145)(H,147,148)/t68-,69-,70-,71-,72-,73-,74-,75-,76-,77-,78-,79-,80-,81-,82-,83-/m0/s1. The van der Waals surface area contributed by atoms with Crippen molar-refractivity contribution >= 4 is 112 Å². The number of hydrogen-bond acceptors (Lipinski definition) is 27. The van der Waals surface area contributed by atoms with Crippen molar-refractivity contribution in [3.63, 3.8) is 0 Å². The highest BCUT2D eigenvalue weighted by Gasteiger charge is 2.40. The Kier molecular flexibility index (Phi) is 72.4. The minimum Gasteiger partial charge on any atom is -0.480 e. The number of carbonyl (C=O) groups is 19. The van der Waals surface area contributed by atoms with Gasteiger partial charge in [-0.25, -0.2) is 4.79 Å². The lowest BCUT2D eigenvalue weighted by Gasteiger charge is -2.29. The quantitative estimate of drug-likeness (QED) is 0.0336. The summed E-state index contributed by atoms with van der Waals surface area (Å²) in [7, 11) is 0. The molecule has 0 spiro atoms. The summed E-state index contributed by atoms with van der Waals surface area (Å²) in [4.78, 5) is 269. The van der Waals surface area contributed by atoms with Crippen molar-refractivity contribution in [1.29, 1.82) is 0 Å². The van der Waals surface area contributed by atoms with Gasteiger partial charge in [0.15, 0.2) is 0 Å². The molecular formula is C102H194N26O20. The molecule has 46 heteroatoms. The Morgan fingerprint density at radius 1 is 0.169 bits per heavy atom. The SMILES string of the molecule is CC(C)C[C@H](NC(=O)CN)C(=O)N[C@@H](CCCCN)C(=O)N[C@@H](CCCCN)C(=O)N[C@@H](CC(C)C)C(=O)N[C@@H](CC(C)C)C(=O)NCC(=O)N[C@@H](CCCCN)C(=O)N[C@@H](CC(C)C)C(=O)N[C@@H](CC(C)C)C(=O)N[C@@H](CCCCN)C(=O)N[C@@H](CCCCN)C(=O)N[C@@H](CC(C)C)C(=O)NCC(=O)N[C@@H](CCCCN)C(=O)N[C@@H](CC(C)C)C(=O)N[C@@H](CC(C)C)C(=O)N[C@@H](CC(C)C)C(=O)N[C@@H](CCCCN)C(=O)O. The molecule has 148 heavy (non-hydrogen) atoms. The zero-order valence-electron chi connectivity index (χ0n) is 92.0. The summed E-state index contributed by atoms with van der Waals surface area (Å²) >= 11 is 0. The first-order valence-corrected chi connectivity index (χ1v) is 54.0. The van der Waals surface area contributed by atoms with Crippen LogP contribution in [-0.2, 0) is 91.1 Å². The summed E-state index contributed by atoms with van der Waals surface area (Å²) in [6, 6.07) is -20.2. The molecular weight excluding hydrogens is 1910 g/mol. The van der Waals surface area contributed by atoms with Gasteiger partial charge in [-0.1, -0.05) is 125 Å². The smallest absolute Gasteiger partial charge is 0.326 e. The normalized spacial score (nSPS) is 14.8. The first-order chi connectivity index (χ1) is 69.7. The van der Waals surface area contributed by atoms with Gasteiger partial charge in [0.1, 0.15) is 96.7 Å². The van der Waals surface area contributed by atoms with E-state index in [9.17, 15) is 96.2 Å². The molecule has 0 aromatic heterocycles. The first-order valence-electron chi connectivity index (χ1n) is 54.0. The number of carboxylic acid groups (broad SMARTS) is 1. The van der Waals surface area contributed by atoms with Crippen LogP contribution >= 0.6 is 0 Å². The van der Waals surface area contributed by atoms with Gasteiger partial charge in [-0.05, 0) is 292 Å². The van der Waals surface area contributed by atoms with Crippen LogP contribution in [-0.4, -0.2) is 280 Å². The van der Waals surface area contributed by atoms with E-state index in [4.69, 9.17) is 45.9 Å². The number of rotatable bonds is 83. The number of nitrogens with two attached hydrogens (primary N) is 8. The molecule has 0 aliphatic rings. The number of hydrogen-bond donors (Lipinski definition) is 27. The van der Waals surface area contributed by atoms with Crippen LogP contribution in [0.2, 0.25) is 0 Å². The molecule has 18 amide bonds. The maximum Gasteiger partial charge on any atom is 0.326 e. The summed E-state index contributed by atoms with van der Waals surface area (Å²) in [6.07, 6.45) is 6.70. The predicted molar refractivity (Wildman–Crippen MR) is 569 cm³/mol. The Labute approximate surface area is 878 Å². The summed E-state index contributed by atoms with van der Waals surface area (Å²) < 4.78 is 0. The average Bonchev–Trinajstić information content (AvgIpc) is 0.853. The molecule has 0 radical (unpaired) electrons. The Morgan fingerprint density at radius 2 is 0.297 bits per heavy atom. The second kappa shape index (κ2) is 77.9. The first kappa shape index (κ1) is 138. The van der Waals surface area contributed by atoms with Crippen molar-refractivity contribution in [2.24, 2.45) is 99.1 Å². The highest BCUT2D eigenvalue weighted by atomic mass is 16.4. The number of aliphatic carboxylic acids is 1. The summed E-state index contributed by atoms with van der Waals surface area (Å²) in [5.74, 6) is -16.7. The number of unbranched alkanes of at least 4 members (excludes halogenated alkanes) is 7. The zero-order valence-corrected chi connectivity index (χ0v) is 92.0. The van der Waals surface area contributed by atoms with Crippen LogP contribution in [0, 0.1) is 53.3 Å². The lowest BCUT2D eigenvalue weighted by molar-refractivity contribution is -0.142. The van der Waals surface area contributed by atoms with Crippen molar-refractivity contribution in [2.75, 3.05) is 65.4 Å². The van der Waals surface area contributed by atoms with Gasteiger partial charge >= 0.3 is 5.97 Å². The molecule has 0 heterocycles. The number of carboxylic acids is 1. The molecule has 16 atom stereocenters. The Bertz CT molecular complexity index is 4010. The van der Waals surface area contributed by atoms with Gasteiger partial charge in [-0.3, -0.25) is 86.3 Å². The van der Waals surface area contributed by atoms with Gasteiger partial charge in [0, 0.05) is 0 Å². The molecule has 46 nitrogen and oxygen atoms in total. The average molecular weight is 2100 g/mol. The third kappa shape index (κ3) is 61.1. The molecule has 852 valence electrons. The Balaban J connectivity index is 7.17. The van der Waals surface area contributed by atoms with E-state index in [1.807, 2.05) is 69.2 Å². The van der Waals surface area contributed by atoms with Crippen LogP contribution in [0.3, 0.4) is 0 Å². The van der Waals surface area contributed by atoms with E-state index < -0.39 is 222 Å². The molecule has 0 saturated carbocycles. The van der Waals surface area contributed by atoms with Crippen LogP contribution in [0.25, 0.3) is 0 Å². The number of amides is 18. The highest BCUT2D eigenvalue weighted by molar-refractivity contribution is 6.01. The second-order valence-corrected chi connectivity index (χ2v) is 42.8. The van der Waals surface area contributed by atoms with E-state index >= 15 is 0 Å². The molecule has 0 aliphatic carbocycles. The largest absolute Gasteiger partial charge is 0.480 e. The van der Waals surface area contributed by atoms with Gasteiger partial charge in [-0.2, -0.15) is 0 Å². The van der Waals surface area contributed by atoms with E-state index in [2.05, 4.69) is 95.7 Å². The molecule has 0 aliphatic heterocycles. The molecule has 0 saturated heterocycles. The van der Waals surface area contributed by atoms with Crippen molar-refractivity contribution in [3.05, 3.63) is 0 Å². The molecule has 0 fully saturated rings. The molecule has 0 aromatic carbocycles. The fourth-order valence-corrected chi connectivity index (χ4v) is 16.5. The van der Waals surface area contributed by atoms with Crippen molar-refractivity contribution in [2.45, 2.75) is 414 Å². The van der Waals surface area contributed by atoms with Crippen molar-refractivity contribution < 1.29 is 96.2 Å². The molecule has 0 unspecified atom stereocenters. The molecule has 0 bridgehead atoms. The van der Waals surface area contributed by atoms with Gasteiger partial charge in [0.2, 0.25) is 106 Å². The lowest BCUT2D eigenvalue weighted by atomic mass is 9.98. The van der Waals surface area contributed by atoms with Gasteiger partial charge in [0.25, 0.3) is 0 Å². The summed E-state index contributed by atoms with van der Waals surface area (Å²) in [5, 5.41) is 58.9. The monoisotopic (exact) mass is 2100 g/mol. The predicted octanol–water partition coefficient (Wildman–Crippen LogP) is -0.663. The topological polar surface area (TPSA) is 769 Å². The third-order valence-electron chi connectivity index (χ3n) is 24.2. The maximum absolute atomic E-state index is 14.9. The second-order valence-electron chi connectivity index (χ2n) is 42.8. The highest BCUT2D eigenvalue weighted by Crippen LogP contribution is 2.20. The minimum absolute atomic E-state index is 0.00211. The van der Waals surface area contributed by atoms with Gasteiger partial charge in [-0.15, -0.1) is 0 Å². The van der Waals surface area contributed by atoms with Crippen LogP contribution in [0.1, 0.15) is 317 Å². The van der Waals surface area contributed by atoms with Gasteiger partial charge < -0.3 is 147 Å². The van der Waals surface area contributed by atoms with Crippen LogP contribution in [0.4, 0.5) is 0 Å². The summed E-state index contributed by atoms with van der Waals surface area (Å²) in [5.41, 5.74) is 46.5. The number of carbonyl (C=O) groups excluding carboxylic acids is 18. The fourth-order valence-electron chi connectivity index (χ4n) is 16.5. The minimum atomic E-state index is -1.35. The molecule has 35 N–H and O–H groups in total. The van der Waals surface area contributed by atoms with E-state index in [0.717, 1.165) is 0 Å². The van der Waals surface area contributed by atoms with E-state index in [-0.39, 0.29) is 195 Å². The van der Waals surface area contributed by atoms with E-state index in [1.165, 1.54) is 0 Å². The maximum atomic E-state index is 14.9. The molecule has 0 rings (SSSR count). The van der Waals surface area contributed by atoms with Crippen LogP contribution < -0.4 is 142 Å². The van der Waals surface area contributed by atoms with Gasteiger partial charge in [0.05, 0.1) is 19.6 Å². The van der Waals surface area contributed by atoms with Crippen molar-refractivity contribution in [3.8, 4) is 0 Å². The third-order valence-corrected chi connectivity index (χ3v) is 24.2. The summed E-state index contributed by atoms with van der Waals surface area (Å²) in [6.45, 7) is 32.6. The van der Waals surface area contributed by atoms with E-state index in [1.54, 1.807) is 55.4 Å². The Hall–Kier alpha value is -10.4. The van der Waals surface area contributed by atoms with Crippen LogP contribution in [0.15, 0.2) is 0 Å².